The Morgan fingerprint density at radius 1 is 0.792 bits per heavy atom. The van der Waals surface area contributed by atoms with Crippen molar-refractivity contribution in [3.05, 3.63) is 107 Å². The fraction of sp³-hybridized carbons (Fsp3) is 0.623. The Bertz CT molecular complexity index is 2560. The molecular formula is C61H86F2N8O5S. The number of hydrogen-bond acceptors (Lipinski definition) is 10. The standard InChI is InChI=1S/C32H45N3O4S.C29H41F2N5O/c1-21-25(15-10-16-28(21)36)30(38)33-26(20-40-24-13-6-5-7-14-24)29(37)19-35-18-23-12-9-8-11-22(23)17-27(35)31(39)34-32(2,3)4;1-19(2)27-34-33-20(3)36(27)25-17-23-9-10-24(18-25)35(23)16-13-26(21-7-5-4-6-8-21)32-28(37)22-11-14-29(30,31)15-12-22/h5-7,10,13-16,22-23,26-27,29,36-37H,8-9,11-12,17-20H2,1-4H3,(H,33,38)(H,34,39);4-8,19,22-26H,9-18H2,1-3H3,(H,32,37)/t22-,23+,26-,27-,29+;23-,24+,25?,26-/m00/s1. The van der Waals surface area contributed by atoms with Gasteiger partial charge >= 0.3 is 0 Å². The molecule has 13 nitrogen and oxygen atoms in total. The molecule has 2 bridgehead atoms. The molecule has 0 spiro atoms. The molecule has 77 heavy (non-hydrogen) atoms. The molecule has 5 N–H and O–H groups in total. The van der Waals surface area contributed by atoms with E-state index >= 15 is 0 Å². The van der Waals surface area contributed by atoms with Gasteiger partial charge in [0, 0.05) is 89.8 Å². The molecule has 16 heteroatoms. The lowest BCUT2D eigenvalue weighted by Crippen LogP contribution is -2.60. The summed E-state index contributed by atoms with van der Waals surface area (Å²) in [5.41, 5.74) is 1.63. The molecule has 3 amide bonds. The molecule has 0 radical (unpaired) electrons. The molecule has 5 aliphatic rings. The van der Waals surface area contributed by atoms with E-state index in [0.717, 1.165) is 73.7 Å². The number of aliphatic hydroxyl groups excluding tert-OH is 1. The Hall–Kier alpha value is -4.90. The first kappa shape index (κ1) is 58.3. The number of alkyl halides is 2. The molecule has 4 aromatic rings. The predicted octanol–water partition coefficient (Wildman–Crippen LogP) is 10.7. The topological polar surface area (TPSA) is 165 Å². The average Bonchev–Trinajstić information content (AvgIpc) is 3.97. The lowest BCUT2D eigenvalue weighted by molar-refractivity contribution is -0.132. The van der Waals surface area contributed by atoms with Crippen LogP contribution in [0.1, 0.15) is 176 Å². The molecule has 5 fully saturated rings. The van der Waals surface area contributed by atoms with Crippen LogP contribution in [0.25, 0.3) is 0 Å². The summed E-state index contributed by atoms with van der Waals surface area (Å²) in [6, 6.07) is 25.4. The second-order valence-electron chi connectivity index (χ2n) is 24.2. The second kappa shape index (κ2) is 25.9. The van der Waals surface area contributed by atoms with E-state index in [-0.39, 0.29) is 72.7 Å². The van der Waals surface area contributed by atoms with Crippen LogP contribution < -0.4 is 16.0 Å². The van der Waals surface area contributed by atoms with Crippen molar-refractivity contribution < 1.29 is 33.4 Å². The predicted molar refractivity (Wildman–Crippen MR) is 300 cm³/mol. The van der Waals surface area contributed by atoms with Gasteiger partial charge in [-0.05, 0) is 134 Å². The van der Waals surface area contributed by atoms with Gasteiger partial charge in [0.05, 0.1) is 24.2 Å². The van der Waals surface area contributed by atoms with Crippen LogP contribution in [-0.2, 0) is 9.59 Å². The minimum absolute atomic E-state index is 0.0124. The number of amides is 3. The van der Waals surface area contributed by atoms with Crippen molar-refractivity contribution in [3.63, 3.8) is 0 Å². The monoisotopic (exact) mass is 1080 g/mol. The molecule has 9 rings (SSSR count). The van der Waals surface area contributed by atoms with Crippen LogP contribution in [0, 0.1) is 31.6 Å². The fourth-order valence-electron chi connectivity index (χ4n) is 13.0. The van der Waals surface area contributed by atoms with Crippen LogP contribution in [0.4, 0.5) is 8.78 Å². The van der Waals surface area contributed by atoms with Crippen LogP contribution in [0.2, 0.25) is 0 Å². The van der Waals surface area contributed by atoms with Gasteiger partial charge in [-0.15, -0.1) is 22.0 Å². The molecule has 2 aliphatic carbocycles. The van der Waals surface area contributed by atoms with Crippen LogP contribution >= 0.6 is 11.8 Å². The second-order valence-corrected chi connectivity index (χ2v) is 25.3. The van der Waals surface area contributed by atoms with Gasteiger partial charge in [-0.25, -0.2) is 8.78 Å². The van der Waals surface area contributed by atoms with Crippen molar-refractivity contribution >= 4 is 29.5 Å². The minimum atomic E-state index is -2.62. The number of aliphatic hydroxyl groups is 1. The molecule has 3 aromatic carbocycles. The van der Waals surface area contributed by atoms with E-state index in [1.807, 2.05) is 69.3 Å². The Labute approximate surface area is 460 Å². The highest BCUT2D eigenvalue weighted by Gasteiger charge is 2.44. The van der Waals surface area contributed by atoms with E-state index in [0.29, 0.717) is 59.3 Å². The Balaban J connectivity index is 0.000000204. The van der Waals surface area contributed by atoms with Crippen LogP contribution in [0.3, 0.4) is 0 Å². The van der Waals surface area contributed by atoms with Crippen LogP contribution in [0.5, 0.6) is 5.75 Å². The van der Waals surface area contributed by atoms with Crippen molar-refractivity contribution in [1.29, 1.82) is 0 Å². The zero-order valence-electron chi connectivity index (χ0n) is 46.6. The first-order valence-corrected chi connectivity index (χ1v) is 29.6. The number of carbonyl (C=O) groups excluding carboxylic acids is 3. The number of fused-ring (bicyclic) bond motifs is 3. The van der Waals surface area contributed by atoms with E-state index in [4.69, 9.17) is 0 Å². The SMILES string of the molecule is Cc1c(O)cccc1C(=O)N[C@@H](CSc1ccccc1)[C@H](O)CN1C[C@H]2CCCC[C@H]2C[C@H]1C(=O)NC(C)(C)C.Cc1nnc(C(C)C)n1C1C[C@H]2CC[C@@H](C1)N2CC[C@H](NC(=O)C1CCC(F)(F)CC1)c1ccccc1. The van der Waals surface area contributed by atoms with Crippen molar-refractivity contribution in [2.75, 3.05) is 25.4 Å². The number of phenols is 1. The number of likely N-dealkylation sites (tertiary alicyclic amines) is 1. The number of aromatic hydroxyl groups is 1. The molecular weight excluding hydrogens is 995 g/mol. The Morgan fingerprint density at radius 3 is 2.09 bits per heavy atom. The smallest absolute Gasteiger partial charge is 0.252 e. The molecule has 1 aromatic heterocycles. The van der Waals surface area contributed by atoms with Crippen molar-refractivity contribution in [1.82, 2.24) is 40.5 Å². The number of piperidine rings is 2. The highest BCUT2D eigenvalue weighted by Crippen LogP contribution is 2.43. The quantitative estimate of drug-likeness (QED) is 0.0643. The Morgan fingerprint density at radius 2 is 1.44 bits per heavy atom. The van der Waals surface area contributed by atoms with Gasteiger partial charge in [0.2, 0.25) is 17.7 Å². The number of phenolic OH excluding ortho intramolecular Hbond substituents is 1. The average molecular weight is 1080 g/mol. The zero-order chi connectivity index (χ0) is 55.0. The lowest BCUT2D eigenvalue weighted by Gasteiger charge is -2.47. The van der Waals surface area contributed by atoms with Crippen molar-refractivity contribution in [2.24, 2.45) is 17.8 Å². The summed E-state index contributed by atoms with van der Waals surface area (Å²) in [6.45, 7) is 16.1. The van der Waals surface area contributed by atoms with Crippen molar-refractivity contribution in [2.45, 2.75) is 203 Å². The van der Waals surface area contributed by atoms with Gasteiger partial charge in [-0.2, -0.15) is 0 Å². The van der Waals surface area contributed by atoms with E-state index in [1.54, 1.807) is 36.9 Å². The summed E-state index contributed by atoms with van der Waals surface area (Å²) >= 11 is 1.57. The largest absolute Gasteiger partial charge is 0.508 e. The fourth-order valence-corrected chi connectivity index (χ4v) is 14.0. The number of hydrogen-bond donors (Lipinski definition) is 5. The number of nitrogens with zero attached hydrogens (tertiary/aromatic N) is 5. The van der Waals surface area contributed by atoms with Gasteiger partial charge < -0.3 is 30.7 Å². The van der Waals surface area contributed by atoms with Gasteiger partial charge in [-0.3, -0.25) is 24.2 Å². The highest BCUT2D eigenvalue weighted by atomic mass is 32.2. The third-order valence-corrected chi connectivity index (χ3v) is 18.3. The molecule has 3 saturated heterocycles. The van der Waals surface area contributed by atoms with Crippen molar-refractivity contribution in [3.8, 4) is 5.75 Å². The summed E-state index contributed by atoms with van der Waals surface area (Å²) in [7, 11) is 0. The Kier molecular flexibility index (Phi) is 19.6. The summed E-state index contributed by atoms with van der Waals surface area (Å²) in [6.07, 6.45) is 10.3. The number of aryl methyl sites for hydroxylation is 1. The lowest BCUT2D eigenvalue weighted by atomic mass is 9.72. The summed E-state index contributed by atoms with van der Waals surface area (Å²) in [5.74, 6) is 0.700. The first-order valence-electron chi connectivity index (χ1n) is 28.6. The number of β-amino-alcohol motifs (C(OH)–C–C–N with tert-alkyl or cyclic N) is 1. The normalized spacial score (nSPS) is 24.9. The van der Waals surface area contributed by atoms with Gasteiger partial charge in [0.15, 0.2) is 0 Å². The third kappa shape index (κ3) is 15.3. The number of halogens is 2. The molecule has 1 unspecified atom stereocenters. The highest BCUT2D eigenvalue weighted by molar-refractivity contribution is 7.99. The number of rotatable bonds is 17. The van der Waals surface area contributed by atoms with E-state index in [2.05, 4.69) is 73.4 Å². The van der Waals surface area contributed by atoms with Gasteiger partial charge in [0.25, 0.3) is 5.91 Å². The third-order valence-electron chi connectivity index (χ3n) is 17.1. The summed E-state index contributed by atoms with van der Waals surface area (Å²) in [4.78, 5) is 45.8. The van der Waals surface area contributed by atoms with Gasteiger partial charge in [-0.1, -0.05) is 87.7 Å². The van der Waals surface area contributed by atoms with Gasteiger partial charge in [0.1, 0.15) is 17.4 Å². The van der Waals surface area contributed by atoms with E-state index < -0.39 is 18.1 Å². The summed E-state index contributed by atoms with van der Waals surface area (Å²) in [5, 5.41) is 40.1. The summed E-state index contributed by atoms with van der Waals surface area (Å²) < 4.78 is 29.6. The maximum absolute atomic E-state index is 13.6. The number of benzene rings is 3. The maximum atomic E-state index is 13.6. The molecule has 2 saturated carbocycles. The number of aromatic nitrogens is 3. The number of thioether (sulfide) groups is 1. The molecule has 4 heterocycles. The van der Waals surface area contributed by atoms with E-state index in [9.17, 15) is 33.4 Å². The first-order chi connectivity index (χ1) is 36.7. The molecule has 9 atom stereocenters. The minimum Gasteiger partial charge on any atom is -0.508 e. The molecule has 420 valence electrons. The van der Waals surface area contributed by atoms with Crippen LogP contribution in [0.15, 0.2) is 83.8 Å². The number of carbonyl (C=O) groups is 3. The zero-order valence-corrected chi connectivity index (χ0v) is 47.4. The van der Waals surface area contributed by atoms with E-state index in [1.165, 1.54) is 25.7 Å². The number of nitrogens with one attached hydrogen (secondary N) is 3. The maximum Gasteiger partial charge on any atom is 0.252 e. The van der Waals surface area contributed by atoms with Crippen LogP contribution in [-0.4, -0.2) is 120 Å². The molecule has 3 aliphatic heterocycles.